The number of hydrogen-bond acceptors (Lipinski definition) is 6. The van der Waals surface area contributed by atoms with Crippen molar-refractivity contribution < 1.29 is 9.53 Å². The van der Waals surface area contributed by atoms with Crippen molar-refractivity contribution in [1.82, 2.24) is 9.97 Å². The number of nitrogens with zero attached hydrogens (tertiary/aromatic N) is 1. The molecule has 1 unspecified atom stereocenters. The molecule has 0 spiro atoms. The molecule has 1 aliphatic heterocycles. The molecule has 1 aliphatic rings. The fourth-order valence-electron chi connectivity index (χ4n) is 4.37. The van der Waals surface area contributed by atoms with Gasteiger partial charge in [-0.05, 0) is 35.7 Å². The molecule has 5 rings (SSSR count). The summed E-state index contributed by atoms with van der Waals surface area (Å²) in [4.78, 5) is 34.8. The van der Waals surface area contributed by atoms with E-state index in [0.29, 0.717) is 33.6 Å². The second-order valence-electron chi connectivity index (χ2n) is 8.40. The van der Waals surface area contributed by atoms with E-state index in [1.807, 2.05) is 84.9 Å². The maximum atomic E-state index is 13.6. The quantitative estimate of drug-likeness (QED) is 0.152. The van der Waals surface area contributed by atoms with E-state index in [1.54, 1.807) is 6.92 Å². The number of aromatic amines is 1. The molecule has 2 heterocycles. The molecule has 4 aromatic rings. The van der Waals surface area contributed by atoms with Gasteiger partial charge in [0.1, 0.15) is 5.82 Å². The van der Waals surface area contributed by atoms with E-state index in [9.17, 15) is 9.59 Å². The number of rotatable bonds is 7. The van der Waals surface area contributed by atoms with Gasteiger partial charge in [-0.15, -0.1) is 0 Å². The van der Waals surface area contributed by atoms with Crippen LogP contribution in [0.25, 0.3) is 5.70 Å². The normalized spacial score (nSPS) is 14.6. The number of aromatic nitrogens is 2. The summed E-state index contributed by atoms with van der Waals surface area (Å²) in [6.07, 6.45) is 0. The molecule has 0 aliphatic carbocycles. The second-order valence-corrected chi connectivity index (χ2v) is 10.3. The lowest BCUT2D eigenvalue weighted by atomic mass is 9.81. The lowest BCUT2D eigenvalue weighted by molar-refractivity contribution is -0.138. The van der Waals surface area contributed by atoms with Gasteiger partial charge in [0.05, 0.1) is 29.4 Å². The van der Waals surface area contributed by atoms with Gasteiger partial charge in [0, 0.05) is 10.2 Å². The highest BCUT2D eigenvalue weighted by molar-refractivity contribution is 9.10. The Balaban J connectivity index is 1.68. The number of esters is 1. The van der Waals surface area contributed by atoms with Crippen LogP contribution in [0.15, 0.2) is 105 Å². The Hall–Kier alpha value is -3.62. The average molecular weight is 575 g/mol. The number of fused-ring (bicyclic) bond motifs is 1. The van der Waals surface area contributed by atoms with Crippen LogP contribution in [-0.2, 0) is 15.3 Å². The molecule has 1 aromatic heterocycles. The zero-order valence-electron chi connectivity index (χ0n) is 20.0. The Kier molecular flexibility index (Phi) is 7.58. The molecule has 1 atom stereocenters. The Morgan fingerprint density at radius 2 is 1.76 bits per heavy atom. The van der Waals surface area contributed by atoms with Gasteiger partial charge < -0.3 is 15.0 Å². The predicted molar refractivity (Wildman–Crippen MR) is 150 cm³/mol. The van der Waals surface area contributed by atoms with Crippen molar-refractivity contribution in [2.75, 3.05) is 11.9 Å². The lowest BCUT2D eigenvalue weighted by Crippen LogP contribution is -2.31. The van der Waals surface area contributed by atoms with Crippen LogP contribution < -0.4 is 10.9 Å². The SMILES string of the molecule is CCOC(=O)C1=C(c2ccccc2)Nc2nc(SCc3ccccc3)[nH]c(=O)c2C1c1cccc(Br)c1. The first kappa shape index (κ1) is 25.0. The third-order valence-electron chi connectivity index (χ3n) is 5.98. The molecule has 6 nitrogen and oxygen atoms in total. The van der Waals surface area contributed by atoms with Crippen LogP contribution in [0.2, 0.25) is 0 Å². The molecule has 2 N–H and O–H groups in total. The molecule has 0 amide bonds. The Bertz CT molecular complexity index is 1520. The van der Waals surface area contributed by atoms with E-state index in [1.165, 1.54) is 11.8 Å². The lowest BCUT2D eigenvalue weighted by Gasteiger charge is -2.30. The highest BCUT2D eigenvalue weighted by Gasteiger charge is 2.38. The summed E-state index contributed by atoms with van der Waals surface area (Å²) in [6, 6.07) is 27.2. The van der Waals surface area contributed by atoms with Crippen molar-refractivity contribution in [3.8, 4) is 0 Å². The van der Waals surface area contributed by atoms with E-state index in [2.05, 4.69) is 26.2 Å². The number of H-pyrrole nitrogens is 1. The highest BCUT2D eigenvalue weighted by atomic mass is 79.9. The van der Waals surface area contributed by atoms with Crippen LogP contribution in [0.1, 0.15) is 35.1 Å². The Morgan fingerprint density at radius 3 is 2.46 bits per heavy atom. The van der Waals surface area contributed by atoms with E-state index in [-0.39, 0.29) is 12.2 Å². The number of benzene rings is 3. The van der Waals surface area contributed by atoms with Crippen LogP contribution in [0, 0.1) is 0 Å². The van der Waals surface area contributed by atoms with Crippen LogP contribution >= 0.6 is 27.7 Å². The minimum atomic E-state index is -0.674. The molecule has 0 fully saturated rings. The van der Waals surface area contributed by atoms with E-state index in [4.69, 9.17) is 9.72 Å². The Morgan fingerprint density at radius 1 is 1.03 bits per heavy atom. The van der Waals surface area contributed by atoms with Crippen molar-refractivity contribution in [3.05, 3.63) is 128 Å². The summed E-state index contributed by atoms with van der Waals surface area (Å²) in [5, 5.41) is 3.82. The number of ether oxygens (including phenoxy) is 1. The van der Waals surface area contributed by atoms with Crippen molar-refractivity contribution in [1.29, 1.82) is 0 Å². The maximum Gasteiger partial charge on any atom is 0.337 e. The Labute approximate surface area is 227 Å². The van der Waals surface area contributed by atoms with Crippen LogP contribution in [0.5, 0.6) is 0 Å². The predicted octanol–water partition coefficient (Wildman–Crippen LogP) is 6.36. The van der Waals surface area contributed by atoms with E-state index in [0.717, 1.165) is 21.2 Å². The number of carbonyl (C=O) groups excluding carboxylic acids is 1. The zero-order valence-corrected chi connectivity index (χ0v) is 22.4. The van der Waals surface area contributed by atoms with Gasteiger partial charge in [-0.1, -0.05) is 100 Å². The van der Waals surface area contributed by atoms with Gasteiger partial charge in [-0.25, -0.2) is 9.78 Å². The van der Waals surface area contributed by atoms with Gasteiger partial charge in [0.15, 0.2) is 5.16 Å². The summed E-state index contributed by atoms with van der Waals surface area (Å²) in [6.45, 7) is 1.98. The molecule has 186 valence electrons. The molecular formula is C29H24BrN3O3S. The zero-order chi connectivity index (χ0) is 25.8. The molecular weight excluding hydrogens is 550 g/mol. The summed E-state index contributed by atoms with van der Waals surface area (Å²) in [5.41, 5.74) is 3.74. The van der Waals surface area contributed by atoms with Crippen LogP contribution in [0.4, 0.5) is 5.82 Å². The fourth-order valence-corrected chi connectivity index (χ4v) is 5.61. The molecule has 3 aromatic carbocycles. The number of hydrogen-bond donors (Lipinski definition) is 2. The minimum Gasteiger partial charge on any atom is -0.463 e. The largest absolute Gasteiger partial charge is 0.463 e. The van der Waals surface area contributed by atoms with Crippen molar-refractivity contribution in [3.63, 3.8) is 0 Å². The third kappa shape index (κ3) is 5.40. The number of carbonyl (C=O) groups is 1. The molecule has 0 bridgehead atoms. The van der Waals surface area contributed by atoms with Gasteiger partial charge in [-0.3, -0.25) is 4.79 Å². The van der Waals surface area contributed by atoms with Gasteiger partial charge in [0.25, 0.3) is 5.56 Å². The monoisotopic (exact) mass is 573 g/mol. The average Bonchev–Trinajstić information content (AvgIpc) is 2.92. The van der Waals surface area contributed by atoms with E-state index >= 15 is 0 Å². The minimum absolute atomic E-state index is 0.214. The molecule has 8 heteroatoms. The summed E-state index contributed by atoms with van der Waals surface area (Å²) < 4.78 is 6.34. The van der Waals surface area contributed by atoms with Crippen molar-refractivity contribution in [2.24, 2.45) is 0 Å². The first-order valence-electron chi connectivity index (χ1n) is 11.8. The standard InChI is InChI=1S/C29H24BrN3O3S/c1-2-36-28(35)23-22(20-14-9-15-21(30)16-20)24-26(31-25(23)19-12-7-4-8-13-19)32-29(33-27(24)34)37-17-18-10-5-3-6-11-18/h3-16,22H,2,17H2,1H3,(H2,31,32,33,34). The van der Waals surface area contributed by atoms with E-state index < -0.39 is 11.9 Å². The topological polar surface area (TPSA) is 84.1 Å². The van der Waals surface area contributed by atoms with Gasteiger partial charge >= 0.3 is 5.97 Å². The summed E-state index contributed by atoms with van der Waals surface area (Å²) >= 11 is 4.99. The fraction of sp³-hybridized carbons (Fsp3) is 0.138. The van der Waals surface area contributed by atoms with Crippen LogP contribution in [0.3, 0.4) is 0 Å². The first-order valence-corrected chi connectivity index (χ1v) is 13.6. The number of thioether (sulfide) groups is 1. The molecule has 0 saturated heterocycles. The second kappa shape index (κ2) is 11.2. The molecule has 0 saturated carbocycles. The molecule has 37 heavy (non-hydrogen) atoms. The number of halogens is 1. The molecule has 0 radical (unpaired) electrons. The summed E-state index contributed by atoms with van der Waals surface area (Å²) in [7, 11) is 0. The van der Waals surface area contributed by atoms with Crippen molar-refractivity contribution in [2.45, 2.75) is 23.8 Å². The third-order valence-corrected chi connectivity index (χ3v) is 7.42. The summed E-state index contributed by atoms with van der Waals surface area (Å²) in [5.74, 6) is -0.0670. The maximum absolute atomic E-state index is 13.6. The number of nitrogens with one attached hydrogen (secondary N) is 2. The first-order chi connectivity index (χ1) is 18.0. The smallest absolute Gasteiger partial charge is 0.337 e. The highest BCUT2D eigenvalue weighted by Crippen LogP contribution is 2.43. The number of anilines is 1. The van der Waals surface area contributed by atoms with Crippen LogP contribution in [-0.4, -0.2) is 22.5 Å². The van der Waals surface area contributed by atoms with Gasteiger partial charge in [0.2, 0.25) is 0 Å². The van der Waals surface area contributed by atoms with Gasteiger partial charge in [-0.2, -0.15) is 0 Å². The van der Waals surface area contributed by atoms with Crippen molar-refractivity contribution >= 4 is 45.2 Å².